The third-order valence-electron chi connectivity index (χ3n) is 4.07. The second-order valence-electron chi connectivity index (χ2n) is 7.35. The molecule has 3 N–H and O–H groups in total. The largest absolute Gasteiger partial charge is 0.480 e. The molecule has 0 aliphatic rings. The Balaban J connectivity index is 2.16. The van der Waals surface area contributed by atoms with Crippen molar-refractivity contribution in [3.63, 3.8) is 0 Å². The average molecular weight is 399 g/mol. The van der Waals surface area contributed by atoms with Gasteiger partial charge in [-0.1, -0.05) is 26.8 Å². The van der Waals surface area contributed by atoms with E-state index in [0.717, 1.165) is 0 Å². The number of carbonyl (C=O) groups is 3. The standard InChI is InChI=1S/C20H21N3O6/c1-20(2,3)15-9-6-13(10-16(15)23(28)29)19(27)22-14-7-4-12(5-8-14)18(26)21-11-17(24)25/h4-10H,11H2,1-3H3,(H,21,26)(H,22,27)(H,24,25). The van der Waals surface area contributed by atoms with Gasteiger partial charge in [0.05, 0.1) is 4.92 Å². The molecule has 0 spiro atoms. The van der Waals surface area contributed by atoms with Crippen molar-refractivity contribution < 1.29 is 24.4 Å². The van der Waals surface area contributed by atoms with Gasteiger partial charge in [0.2, 0.25) is 0 Å². The molecule has 0 saturated carbocycles. The van der Waals surface area contributed by atoms with Crippen molar-refractivity contribution >= 4 is 29.2 Å². The highest BCUT2D eigenvalue weighted by Gasteiger charge is 2.26. The van der Waals surface area contributed by atoms with Crippen LogP contribution in [0, 0.1) is 10.1 Å². The summed E-state index contributed by atoms with van der Waals surface area (Å²) in [7, 11) is 0. The van der Waals surface area contributed by atoms with Crippen molar-refractivity contribution in [1.29, 1.82) is 0 Å². The van der Waals surface area contributed by atoms with Crippen LogP contribution in [0.3, 0.4) is 0 Å². The quantitative estimate of drug-likeness (QED) is 0.504. The number of nitro groups is 1. The molecule has 0 aliphatic carbocycles. The lowest BCUT2D eigenvalue weighted by atomic mass is 9.85. The summed E-state index contributed by atoms with van der Waals surface area (Å²) in [5, 5.41) is 24.8. The van der Waals surface area contributed by atoms with Gasteiger partial charge in [-0.2, -0.15) is 0 Å². The van der Waals surface area contributed by atoms with Crippen LogP contribution >= 0.6 is 0 Å². The van der Waals surface area contributed by atoms with Crippen molar-refractivity contribution in [2.45, 2.75) is 26.2 Å². The van der Waals surface area contributed by atoms with Crippen LogP contribution in [0.25, 0.3) is 0 Å². The van der Waals surface area contributed by atoms with Gasteiger partial charge in [-0.25, -0.2) is 0 Å². The van der Waals surface area contributed by atoms with Crippen LogP contribution in [0.15, 0.2) is 42.5 Å². The Morgan fingerprint density at radius 2 is 1.59 bits per heavy atom. The van der Waals surface area contributed by atoms with Crippen molar-refractivity contribution in [2.24, 2.45) is 0 Å². The molecule has 0 aliphatic heterocycles. The third-order valence-corrected chi connectivity index (χ3v) is 4.07. The number of benzene rings is 2. The van der Waals surface area contributed by atoms with Gasteiger partial charge in [0.25, 0.3) is 17.5 Å². The van der Waals surface area contributed by atoms with Crippen molar-refractivity contribution in [3.05, 3.63) is 69.3 Å². The first kappa shape index (κ1) is 21.5. The molecule has 0 bridgehead atoms. The van der Waals surface area contributed by atoms with Crippen molar-refractivity contribution in [2.75, 3.05) is 11.9 Å². The summed E-state index contributed by atoms with van der Waals surface area (Å²) in [6, 6.07) is 10.1. The Labute approximate surface area is 166 Å². The van der Waals surface area contributed by atoms with Gasteiger partial charge in [-0.15, -0.1) is 0 Å². The summed E-state index contributed by atoms with van der Waals surface area (Å²) in [6.45, 7) is 5.05. The Kier molecular flexibility index (Phi) is 6.32. The van der Waals surface area contributed by atoms with E-state index >= 15 is 0 Å². The molecule has 2 aromatic carbocycles. The molecule has 9 heteroatoms. The van der Waals surface area contributed by atoms with Crippen LogP contribution in [-0.2, 0) is 10.2 Å². The van der Waals surface area contributed by atoms with E-state index in [1.165, 1.54) is 36.4 Å². The number of hydrogen-bond acceptors (Lipinski definition) is 5. The van der Waals surface area contributed by atoms with Crippen LogP contribution in [0.5, 0.6) is 0 Å². The summed E-state index contributed by atoms with van der Waals surface area (Å²) in [5.41, 5.74) is 0.690. The van der Waals surface area contributed by atoms with E-state index in [9.17, 15) is 24.5 Å². The number of nitrogens with one attached hydrogen (secondary N) is 2. The van der Waals surface area contributed by atoms with E-state index in [-0.39, 0.29) is 16.8 Å². The van der Waals surface area contributed by atoms with Gasteiger partial charge < -0.3 is 15.7 Å². The van der Waals surface area contributed by atoms with Crippen LogP contribution in [-0.4, -0.2) is 34.4 Å². The number of carboxylic acids is 1. The Morgan fingerprint density at radius 3 is 2.10 bits per heavy atom. The normalized spacial score (nSPS) is 10.9. The minimum atomic E-state index is -1.16. The summed E-state index contributed by atoms with van der Waals surface area (Å²) in [4.78, 5) is 45.6. The maximum Gasteiger partial charge on any atom is 0.322 e. The average Bonchev–Trinajstić information content (AvgIpc) is 2.65. The number of amides is 2. The highest BCUT2D eigenvalue weighted by atomic mass is 16.6. The molecule has 0 saturated heterocycles. The predicted molar refractivity (Wildman–Crippen MR) is 106 cm³/mol. The van der Waals surface area contributed by atoms with E-state index in [2.05, 4.69) is 10.6 Å². The fourth-order valence-electron chi connectivity index (χ4n) is 2.62. The van der Waals surface area contributed by atoms with E-state index in [0.29, 0.717) is 11.3 Å². The van der Waals surface area contributed by atoms with Crippen LogP contribution in [0.4, 0.5) is 11.4 Å². The molecule has 0 atom stereocenters. The molecule has 0 heterocycles. The maximum atomic E-state index is 12.5. The molecule has 9 nitrogen and oxygen atoms in total. The smallest absolute Gasteiger partial charge is 0.322 e. The highest BCUT2D eigenvalue weighted by molar-refractivity contribution is 6.05. The number of carbonyl (C=O) groups excluding carboxylic acids is 2. The van der Waals surface area contributed by atoms with Gasteiger partial charge >= 0.3 is 5.97 Å². The number of nitrogens with zero attached hydrogens (tertiary/aromatic N) is 1. The second kappa shape index (κ2) is 8.51. The second-order valence-corrected chi connectivity index (χ2v) is 7.35. The molecule has 0 unspecified atom stereocenters. The van der Waals surface area contributed by atoms with Gasteiger partial charge in [-0.3, -0.25) is 24.5 Å². The van der Waals surface area contributed by atoms with E-state index in [1.54, 1.807) is 6.07 Å². The maximum absolute atomic E-state index is 12.5. The zero-order valence-corrected chi connectivity index (χ0v) is 16.2. The molecular formula is C20H21N3O6. The molecule has 0 fully saturated rings. The molecular weight excluding hydrogens is 378 g/mol. The molecule has 2 rings (SSSR count). The first-order chi connectivity index (χ1) is 13.5. The number of aliphatic carboxylic acids is 1. The van der Waals surface area contributed by atoms with Crippen molar-refractivity contribution in [3.8, 4) is 0 Å². The third kappa shape index (κ3) is 5.61. The lowest BCUT2D eigenvalue weighted by Gasteiger charge is -2.19. The minimum absolute atomic E-state index is 0.129. The van der Waals surface area contributed by atoms with Crippen LogP contribution < -0.4 is 10.6 Å². The van der Waals surface area contributed by atoms with E-state index in [1.807, 2.05) is 20.8 Å². The molecule has 0 radical (unpaired) electrons. The van der Waals surface area contributed by atoms with Crippen LogP contribution in [0.1, 0.15) is 47.1 Å². The summed E-state index contributed by atoms with van der Waals surface area (Å²) in [6.07, 6.45) is 0. The highest BCUT2D eigenvalue weighted by Crippen LogP contribution is 2.32. The lowest BCUT2D eigenvalue weighted by molar-refractivity contribution is -0.386. The molecule has 152 valence electrons. The Hall–Kier alpha value is -3.75. The zero-order chi connectivity index (χ0) is 21.8. The van der Waals surface area contributed by atoms with E-state index < -0.39 is 34.7 Å². The zero-order valence-electron chi connectivity index (χ0n) is 16.2. The minimum Gasteiger partial charge on any atom is -0.480 e. The summed E-state index contributed by atoms with van der Waals surface area (Å²) < 4.78 is 0. The fourth-order valence-corrected chi connectivity index (χ4v) is 2.62. The van der Waals surface area contributed by atoms with Crippen molar-refractivity contribution in [1.82, 2.24) is 5.32 Å². The molecule has 29 heavy (non-hydrogen) atoms. The van der Waals surface area contributed by atoms with Gasteiger partial charge in [0.15, 0.2) is 0 Å². The Morgan fingerprint density at radius 1 is 1.00 bits per heavy atom. The topological polar surface area (TPSA) is 139 Å². The van der Waals surface area contributed by atoms with Crippen LogP contribution in [0.2, 0.25) is 0 Å². The van der Waals surface area contributed by atoms with Gasteiger partial charge in [-0.05, 0) is 35.7 Å². The number of rotatable bonds is 6. The van der Waals surface area contributed by atoms with E-state index in [4.69, 9.17) is 5.11 Å². The molecule has 0 aromatic heterocycles. The number of hydrogen-bond donors (Lipinski definition) is 3. The fraction of sp³-hybridized carbons (Fsp3) is 0.250. The number of nitro benzene ring substituents is 1. The first-order valence-corrected chi connectivity index (χ1v) is 8.69. The predicted octanol–water partition coefficient (Wildman–Crippen LogP) is 2.96. The Bertz CT molecular complexity index is 961. The monoisotopic (exact) mass is 399 g/mol. The summed E-state index contributed by atoms with van der Waals surface area (Å²) in [5.74, 6) is -2.25. The number of carboxylic acid groups (broad SMARTS) is 1. The van der Waals surface area contributed by atoms with Gasteiger partial charge in [0.1, 0.15) is 6.54 Å². The van der Waals surface area contributed by atoms with Gasteiger partial charge in [0, 0.05) is 28.4 Å². The summed E-state index contributed by atoms with van der Waals surface area (Å²) >= 11 is 0. The molecule has 2 aromatic rings. The molecule has 2 amide bonds. The lowest BCUT2D eigenvalue weighted by Crippen LogP contribution is -2.29. The SMILES string of the molecule is CC(C)(C)c1ccc(C(=O)Nc2ccc(C(=O)NCC(=O)O)cc2)cc1[N+](=O)[O-]. The first-order valence-electron chi connectivity index (χ1n) is 8.69. The number of anilines is 1.